The molecular formula is C12H15NO4. The number of nitrogens with zero attached hydrogens (tertiary/aromatic N) is 1. The van der Waals surface area contributed by atoms with Gasteiger partial charge in [0.15, 0.2) is 23.4 Å². The first-order valence-electron chi connectivity index (χ1n) is 5.33. The van der Waals surface area contributed by atoms with E-state index in [1.807, 2.05) is 0 Å². The van der Waals surface area contributed by atoms with E-state index in [-0.39, 0.29) is 17.3 Å². The number of ether oxygens (including phenoxy) is 1. The van der Waals surface area contributed by atoms with Gasteiger partial charge in [-0.25, -0.2) is 0 Å². The van der Waals surface area contributed by atoms with Gasteiger partial charge in [0, 0.05) is 6.20 Å². The predicted molar refractivity (Wildman–Crippen MR) is 62.3 cm³/mol. The Morgan fingerprint density at radius 2 is 1.94 bits per heavy atom. The Kier molecular flexibility index (Phi) is 4.20. The fraction of sp³-hybridized carbons (Fsp3) is 0.417. The summed E-state index contributed by atoms with van der Waals surface area (Å²) in [6, 6.07) is 2.02. The smallest absolute Gasteiger partial charge is 0.293 e. The summed E-state index contributed by atoms with van der Waals surface area (Å²) in [4.78, 5) is 34.7. The summed E-state index contributed by atoms with van der Waals surface area (Å²) < 4.78 is 6.24. The molecule has 1 aromatic heterocycles. The van der Waals surface area contributed by atoms with Gasteiger partial charge in [-0.3, -0.25) is 19.0 Å². The fourth-order valence-electron chi connectivity index (χ4n) is 1.64. The van der Waals surface area contributed by atoms with Crippen LogP contribution in [0.5, 0.6) is 5.75 Å². The number of carbonyl (C=O) groups excluding carboxylic acids is 2. The molecule has 0 unspecified atom stereocenters. The van der Waals surface area contributed by atoms with Crippen LogP contribution in [0.2, 0.25) is 0 Å². The number of ketones is 2. The second-order valence-electron chi connectivity index (χ2n) is 3.64. The van der Waals surface area contributed by atoms with Gasteiger partial charge in [-0.1, -0.05) is 0 Å². The van der Waals surface area contributed by atoms with Crippen molar-refractivity contribution in [2.45, 2.75) is 26.8 Å². The largest absolute Gasteiger partial charge is 0.488 e. The van der Waals surface area contributed by atoms with E-state index in [4.69, 9.17) is 4.74 Å². The topological polar surface area (TPSA) is 65.4 Å². The minimum Gasteiger partial charge on any atom is -0.488 e. The molecule has 0 amide bonds. The van der Waals surface area contributed by atoms with Crippen LogP contribution in [-0.2, 0) is 9.59 Å². The van der Waals surface area contributed by atoms with Crippen molar-refractivity contribution in [3.63, 3.8) is 0 Å². The maximum absolute atomic E-state index is 11.9. The number of aromatic nitrogens is 1. The number of hydrogen-bond donors (Lipinski definition) is 0. The number of Topliss-reactive ketones (excluding diaryl/α,β-unsaturated/α-hetero) is 2. The van der Waals surface area contributed by atoms with Crippen molar-refractivity contribution in [2.24, 2.45) is 0 Å². The summed E-state index contributed by atoms with van der Waals surface area (Å²) in [5.41, 5.74) is -0.468. The first-order valence-corrected chi connectivity index (χ1v) is 5.33. The quantitative estimate of drug-likeness (QED) is 0.716. The fourth-order valence-corrected chi connectivity index (χ4v) is 1.64. The van der Waals surface area contributed by atoms with E-state index in [0.29, 0.717) is 6.61 Å². The van der Waals surface area contributed by atoms with Gasteiger partial charge in [0.05, 0.1) is 6.61 Å². The van der Waals surface area contributed by atoms with Crippen LogP contribution in [-0.4, -0.2) is 22.7 Å². The Bertz CT molecular complexity index is 476. The molecule has 0 fully saturated rings. The van der Waals surface area contributed by atoms with Gasteiger partial charge < -0.3 is 4.74 Å². The van der Waals surface area contributed by atoms with E-state index in [0.717, 1.165) is 4.57 Å². The summed E-state index contributed by atoms with van der Waals surface area (Å²) in [6.07, 6.45) is 1.42. The van der Waals surface area contributed by atoms with E-state index < -0.39 is 11.6 Å². The maximum Gasteiger partial charge on any atom is 0.293 e. The zero-order valence-electron chi connectivity index (χ0n) is 10.1. The second kappa shape index (κ2) is 5.43. The van der Waals surface area contributed by atoms with Gasteiger partial charge in [-0.05, 0) is 32.9 Å². The highest BCUT2D eigenvalue weighted by atomic mass is 16.5. The lowest BCUT2D eigenvalue weighted by molar-refractivity contribution is -0.129. The highest BCUT2D eigenvalue weighted by molar-refractivity contribution is 6.02. The van der Waals surface area contributed by atoms with Crippen LogP contribution in [0.1, 0.15) is 26.8 Å². The number of pyridine rings is 1. The lowest BCUT2D eigenvalue weighted by Crippen LogP contribution is -2.33. The Labute approximate surface area is 99.0 Å². The van der Waals surface area contributed by atoms with Crippen LogP contribution in [0.15, 0.2) is 23.1 Å². The monoisotopic (exact) mass is 237 g/mol. The molecule has 0 bridgehead atoms. The van der Waals surface area contributed by atoms with Gasteiger partial charge in [-0.15, -0.1) is 0 Å². The van der Waals surface area contributed by atoms with Gasteiger partial charge in [0.2, 0.25) is 0 Å². The zero-order chi connectivity index (χ0) is 13.0. The average molecular weight is 237 g/mol. The van der Waals surface area contributed by atoms with Crippen LogP contribution in [0.4, 0.5) is 0 Å². The van der Waals surface area contributed by atoms with Crippen molar-refractivity contribution in [3.05, 3.63) is 28.7 Å². The molecule has 0 aliphatic rings. The predicted octanol–water partition coefficient (Wildman–Crippen LogP) is 0.966. The number of carbonyl (C=O) groups is 2. The summed E-state index contributed by atoms with van der Waals surface area (Å²) in [5, 5.41) is 0. The van der Waals surface area contributed by atoms with E-state index in [2.05, 4.69) is 0 Å². The summed E-state index contributed by atoms with van der Waals surface area (Å²) >= 11 is 0. The molecule has 5 nitrogen and oxygen atoms in total. The summed E-state index contributed by atoms with van der Waals surface area (Å²) in [5.74, 6) is -0.594. The molecule has 0 aliphatic heterocycles. The van der Waals surface area contributed by atoms with Gasteiger partial charge in [0.1, 0.15) is 0 Å². The maximum atomic E-state index is 11.9. The molecule has 92 valence electrons. The van der Waals surface area contributed by atoms with Gasteiger partial charge in [0.25, 0.3) is 5.56 Å². The van der Waals surface area contributed by atoms with E-state index in [1.54, 1.807) is 13.0 Å². The highest BCUT2D eigenvalue weighted by Crippen LogP contribution is 2.10. The first-order chi connectivity index (χ1) is 7.99. The highest BCUT2D eigenvalue weighted by Gasteiger charge is 2.23. The average Bonchev–Trinajstić information content (AvgIpc) is 2.23. The molecule has 0 atom stereocenters. The van der Waals surface area contributed by atoms with Gasteiger partial charge >= 0.3 is 0 Å². The van der Waals surface area contributed by atoms with E-state index >= 15 is 0 Å². The molecule has 17 heavy (non-hydrogen) atoms. The molecule has 0 N–H and O–H groups in total. The second-order valence-corrected chi connectivity index (χ2v) is 3.64. The van der Waals surface area contributed by atoms with Crippen LogP contribution >= 0.6 is 0 Å². The van der Waals surface area contributed by atoms with Crippen molar-refractivity contribution in [1.82, 2.24) is 4.57 Å². The third-order valence-electron chi connectivity index (χ3n) is 2.29. The van der Waals surface area contributed by atoms with Gasteiger partial charge in [-0.2, -0.15) is 0 Å². The molecule has 0 radical (unpaired) electrons. The lowest BCUT2D eigenvalue weighted by atomic mass is 10.1. The number of rotatable bonds is 5. The standard InChI is InChI=1S/C12H15NO4/c1-4-17-10-6-5-7-13(12(10)16)11(8(2)14)9(3)15/h5-7,11H,4H2,1-3H3. The van der Waals surface area contributed by atoms with Crippen molar-refractivity contribution < 1.29 is 14.3 Å². The Morgan fingerprint density at radius 3 is 2.41 bits per heavy atom. The molecule has 0 saturated carbocycles. The Hall–Kier alpha value is -1.91. The van der Waals surface area contributed by atoms with Crippen molar-refractivity contribution in [3.8, 4) is 5.75 Å². The molecule has 5 heteroatoms. The molecular weight excluding hydrogens is 222 g/mol. The molecule has 1 heterocycles. The van der Waals surface area contributed by atoms with Crippen LogP contribution in [0, 0.1) is 0 Å². The van der Waals surface area contributed by atoms with Crippen molar-refractivity contribution in [2.75, 3.05) is 6.61 Å². The van der Waals surface area contributed by atoms with E-state index in [1.165, 1.54) is 26.1 Å². The third kappa shape index (κ3) is 2.81. The minimum absolute atomic E-state index is 0.141. The molecule has 0 aliphatic carbocycles. The zero-order valence-corrected chi connectivity index (χ0v) is 10.1. The molecule has 1 rings (SSSR count). The Morgan fingerprint density at radius 1 is 1.35 bits per heavy atom. The van der Waals surface area contributed by atoms with Crippen LogP contribution in [0.25, 0.3) is 0 Å². The molecule has 0 aromatic carbocycles. The van der Waals surface area contributed by atoms with E-state index in [9.17, 15) is 14.4 Å². The minimum atomic E-state index is -1.07. The Balaban J connectivity index is 3.30. The van der Waals surface area contributed by atoms with Crippen LogP contribution in [0.3, 0.4) is 0 Å². The summed E-state index contributed by atoms with van der Waals surface area (Å²) in [7, 11) is 0. The van der Waals surface area contributed by atoms with Crippen molar-refractivity contribution in [1.29, 1.82) is 0 Å². The normalized spacial score (nSPS) is 10.4. The summed E-state index contributed by atoms with van der Waals surface area (Å²) in [6.45, 7) is 4.67. The first kappa shape index (κ1) is 13.2. The lowest BCUT2D eigenvalue weighted by Gasteiger charge is -2.14. The van der Waals surface area contributed by atoms with Crippen molar-refractivity contribution >= 4 is 11.6 Å². The number of hydrogen-bond acceptors (Lipinski definition) is 4. The SMILES string of the molecule is CCOc1cccn(C(C(C)=O)C(C)=O)c1=O. The molecule has 1 aromatic rings. The van der Waals surface area contributed by atoms with Crippen LogP contribution < -0.4 is 10.3 Å². The molecule has 0 spiro atoms. The molecule has 0 saturated heterocycles. The third-order valence-corrected chi connectivity index (χ3v) is 2.29.